The van der Waals surface area contributed by atoms with E-state index in [4.69, 9.17) is 5.73 Å². The Morgan fingerprint density at radius 1 is 1.37 bits per heavy atom. The van der Waals surface area contributed by atoms with Crippen LogP contribution >= 0.6 is 11.8 Å². The van der Waals surface area contributed by atoms with Crippen LogP contribution in [0, 0.1) is 0 Å². The molecule has 0 bridgehead atoms. The van der Waals surface area contributed by atoms with Crippen LogP contribution in [0.15, 0.2) is 24.3 Å². The second-order valence-corrected chi connectivity index (χ2v) is 8.10. The number of thioether (sulfide) groups is 1. The van der Waals surface area contributed by atoms with Crippen molar-refractivity contribution in [2.45, 2.75) is 29.8 Å². The lowest BCUT2D eigenvalue weighted by molar-refractivity contribution is 0.362. The van der Waals surface area contributed by atoms with E-state index in [1.54, 1.807) is 36.0 Å². The van der Waals surface area contributed by atoms with Crippen LogP contribution < -0.4 is 10.5 Å². The van der Waals surface area contributed by atoms with E-state index >= 15 is 0 Å². The minimum absolute atomic E-state index is 0.0515. The van der Waals surface area contributed by atoms with Gasteiger partial charge in [-0.3, -0.25) is 0 Å². The van der Waals surface area contributed by atoms with Gasteiger partial charge in [-0.15, -0.1) is 0 Å². The number of para-hydroxylation sites is 1. The Morgan fingerprint density at radius 3 is 2.58 bits per heavy atom. The molecule has 0 aromatic heterocycles. The number of nitrogen functional groups attached to an aromatic ring is 1. The number of rotatable bonds is 6. The molecule has 0 aliphatic heterocycles. The Balaban J connectivity index is 1.98. The number of sulfonamides is 1. The van der Waals surface area contributed by atoms with Gasteiger partial charge in [0.25, 0.3) is 0 Å². The summed E-state index contributed by atoms with van der Waals surface area (Å²) >= 11 is 1.76. The largest absolute Gasteiger partial charge is 0.398 e. The van der Waals surface area contributed by atoms with E-state index in [0.29, 0.717) is 17.8 Å². The Bertz CT molecular complexity index is 534. The van der Waals surface area contributed by atoms with E-state index in [0.717, 1.165) is 12.8 Å². The lowest BCUT2D eigenvalue weighted by Gasteiger charge is -2.40. The van der Waals surface area contributed by atoms with Crippen molar-refractivity contribution in [3.05, 3.63) is 29.8 Å². The lowest BCUT2D eigenvalue weighted by atomic mass is 9.84. The summed E-state index contributed by atoms with van der Waals surface area (Å²) in [7, 11) is -3.32. The fourth-order valence-corrected chi connectivity index (χ4v) is 4.46. The third-order valence-corrected chi connectivity index (χ3v) is 6.41. The molecule has 1 fully saturated rings. The van der Waals surface area contributed by atoms with Crippen LogP contribution in [0.3, 0.4) is 0 Å². The number of hydrogen-bond donors (Lipinski definition) is 2. The Morgan fingerprint density at radius 2 is 2.05 bits per heavy atom. The monoisotopic (exact) mass is 300 g/mol. The maximum absolute atomic E-state index is 12.1. The topological polar surface area (TPSA) is 72.2 Å². The summed E-state index contributed by atoms with van der Waals surface area (Å²) < 4.78 is 27.0. The highest BCUT2D eigenvalue weighted by Crippen LogP contribution is 2.42. The molecule has 0 radical (unpaired) electrons. The first-order valence-corrected chi connectivity index (χ1v) is 9.20. The number of benzene rings is 1. The van der Waals surface area contributed by atoms with Crippen molar-refractivity contribution in [2.75, 3.05) is 18.5 Å². The number of nitrogens with two attached hydrogens (primary N) is 1. The van der Waals surface area contributed by atoms with Gasteiger partial charge in [-0.25, -0.2) is 13.1 Å². The van der Waals surface area contributed by atoms with E-state index in [1.165, 1.54) is 6.42 Å². The average molecular weight is 300 g/mol. The Kier molecular flexibility index (Phi) is 4.43. The zero-order chi connectivity index (χ0) is 13.9. The van der Waals surface area contributed by atoms with Crippen molar-refractivity contribution in [2.24, 2.45) is 0 Å². The lowest BCUT2D eigenvalue weighted by Crippen LogP contribution is -2.45. The normalized spacial score (nSPS) is 17.9. The first-order valence-electron chi connectivity index (χ1n) is 6.32. The minimum atomic E-state index is -3.32. The number of hydrogen-bond acceptors (Lipinski definition) is 4. The molecule has 1 aliphatic rings. The van der Waals surface area contributed by atoms with Gasteiger partial charge in [0.1, 0.15) is 0 Å². The summed E-state index contributed by atoms with van der Waals surface area (Å²) in [6.45, 7) is 0.517. The molecule has 1 saturated carbocycles. The molecule has 1 aromatic carbocycles. The van der Waals surface area contributed by atoms with Crippen molar-refractivity contribution in [3.63, 3.8) is 0 Å². The molecule has 0 saturated heterocycles. The summed E-state index contributed by atoms with van der Waals surface area (Å²) in [4.78, 5) is 0. The van der Waals surface area contributed by atoms with Gasteiger partial charge in [0.15, 0.2) is 0 Å². The molecule has 6 heteroatoms. The number of nitrogens with one attached hydrogen (secondary N) is 1. The summed E-state index contributed by atoms with van der Waals surface area (Å²) in [6.07, 6.45) is 5.41. The van der Waals surface area contributed by atoms with Crippen LogP contribution in [-0.4, -0.2) is 26.0 Å². The van der Waals surface area contributed by atoms with E-state index in [2.05, 4.69) is 4.72 Å². The highest BCUT2D eigenvalue weighted by molar-refractivity contribution is 8.00. The van der Waals surface area contributed by atoms with Crippen molar-refractivity contribution in [1.82, 2.24) is 4.72 Å². The third kappa shape index (κ3) is 3.64. The predicted octanol–water partition coefficient (Wildman–Crippen LogP) is 1.97. The van der Waals surface area contributed by atoms with E-state index in [9.17, 15) is 8.42 Å². The molecule has 0 spiro atoms. The van der Waals surface area contributed by atoms with Crippen molar-refractivity contribution >= 4 is 27.5 Å². The summed E-state index contributed by atoms with van der Waals surface area (Å²) in [5, 5.41) is 0. The second-order valence-electron chi connectivity index (χ2n) is 5.02. The maximum atomic E-state index is 12.1. The van der Waals surface area contributed by atoms with Gasteiger partial charge in [-0.1, -0.05) is 24.6 Å². The molecule has 4 nitrogen and oxygen atoms in total. The summed E-state index contributed by atoms with van der Waals surface area (Å²) in [5.74, 6) is -0.0515. The van der Waals surface area contributed by atoms with Crippen LogP contribution in [0.25, 0.3) is 0 Å². The van der Waals surface area contributed by atoms with E-state index in [-0.39, 0.29) is 10.5 Å². The van der Waals surface area contributed by atoms with Gasteiger partial charge < -0.3 is 5.73 Å². The van der Waals surface area contributed by atoms with Gasteiger partial charge in [0, 0.05) is 17.0 Å². The smallest absolute Gasteiger partial charge is 0.215 e. The van der Waals surface area contributed by atoms with Crippen LogP contribution in [0.4, 0.5) is 5.69 Å². The third-order valence-electron chi connectivity index (χ3n) is 3.71. The molecule has 0 amide bonds. The first kappa shape index (κ1) is 14.7. The Hall–Kier alpha value is -0.720. The van der Waals surface area contributed by atoms with Crippen molar-refractivity contribution in [3.8, 4) is 0 Å². The van der Waals surface area contributed by atoms with E-state index < -0.39 is 10.0 Å². The Labute approximate surface area is 119 Å². The van der Waals surface area contributed by atoms with Gasteiger partial charge in [-0.2, -0.15) is 11.8 Å². The molecule has 2 rings (SSSR count). The van der Waals surface area contributed by atoms with Gasteiger partial charge in [-0.05, 0) is 30.7 Å². The SMILES string of the molecule is CSC1(CNS(=O)(=O)Cc2ccccc2N)CCC1. The molecule has 19 heavy (non-hydrogen) atoms. The average Bonchev–Trinajstić information content (AvgIpc) is 2.31. The van der Waals surface area contributed by atoms with Crippen LogP contribution in [-0.2, 0) is 15.8 Å². The fourth-order valence-electron chi connectivity index (χ4n) is 2.19. The second kappa shape index (κ2) is 5.73. The highest BCUT2D eigenvalue weighted by atomic mass is 32.2. The van der Waals surface area contributed by atoms with Crippen molar-refractivity contribution < 1.29 is 8.42 Å². The molecule has 106 valence electrons. The summed E-state index contributed by atoms with van der Waals surface area (Å²) in [6, 6.07) is 7.08. The van der Waals surface area contributed by atoms with Crippen LogP contribution in [0.5, 0.6) is 0 Å². The van der Waals surface area contributed by atoms with Gasteiger partial charge >= 0.3 is 0 Å². The van der Waals surface area contributed by atoms with Crippen LogP contribution in [0.2, 0.25) is 0 Å². The fraction of sp³-hybridized carbons (Fsp3) is 0.538. The molecule has 0 heterocycles. The van der Waals surface area contributed by atoms with Crippen LogP contribution in [0.1, 0.15) is 24.8 Å². The molecule has 0 unspecified atom stereocenters. The molecule has 3 N–H and O–H groups in total. The zero-order valence-corrected chi connectivity index (χ0v) is 12.7. The molecule has 1 aromatic rings. The molecular weight excluding hydrogens is 280 g/mol. The van der Waals surface area contributed by atoms with E-state index in [1.807, 2.05) is 6.26 Å². The first-order chi connectivity index (χ1) is 8.96. The van der Waals surface area contributed by atoms with Gasteiger partial charge in [0.05, 0.1) is 5.75 Å². The quantitative estimate of drug-likeness (QED) is 0.788. The predicted molar refractivity (Wildman–Crippen MR) is 81.6 cm³/mol. The molecule has 1 aliphatic carbocycles. The maximum Gasteiger partial charge on any atom is 0.215 e. The molecular formula is C13H20N2O2S2. The number of anilines is 1. The summed E-state index contributed by atoms with van der Waals surface area (Å²) in [5.41, 5.74) is 6.96. The standard InChI is InChI=1S/C13H20N2O2S2/c1-18-13(7-4-8-13)10-15-19(16,17)9-11-5-2-3-6-12(11)14/h2-3,5-6,15H,4,7-10,14H2,1H3. The zero-order valence-electron chi connectivity index (χ0n) is 11.1. The van der Waals surface area contributed by atoms with Gasteiger partial charge in [0.2, 0.25) is 10.0 Å². The minimum Gasteiger partial charge on any atom is -0.398 e. The van der Waals surface area contributed by atoms with Crippen molar-refractivity contribution in [1.29, 1.82) is 0 Å². The highest BCUT2D eigenvalue weighted by Gasteiger charge is 2.36. The molecule has 0 atom stereocenters.